The van der Waals surface area contributed by atoms with Crippen molar-refractivity contribution in [2.75, 3.05) is 26.1 Å². The van der Waals surface area contributed by atoms with E-state index >= 15 is 0 Å². The number of alkyl halides is 3. The van der Waals surface area contributed by atoms with Crippen molar-refractivity contribution in [2.45, 2.75) is 12.6 Å². The minimum atomic E-state index is -4.55. The molecule has 0 saturated carbocycles. The summed E-state index contributed by atoms with van der Waals surface area (Å²) >= 11 is 1.32. The summed E-state index contributed by atoms with van der Waals surface area (Å²) in [6, 6.07) is 9.92. The van der Waals surface area contributed by atoms with Gasteiger partial charge < -0.3 is 14.8 Å². The van der Waals surface area contributed by atoms with E-state index in [0.717, 1.165) is 11.6 Å². The van der Waals surface area contributed by atoms with Crippen LogP contribution in [-0.2, 0) is 12.6 Å². The summed E-state index contributed by atoms with van der Waals surface area (Å²) in [5, 5.41) is 4.67. The molecule has 2 aromatic heterocycles. The van der Waals surface area contributed by atoms with Gasteiger partial charge in [0.25, 0.3) is 0 Å². The molecule has 0 spiro atoms. The molecule has 9 heteroatoms. The summed E-state index contributed by atoms with van der Waals surface area (Å²) in [5.74, 6) is 1.15. The molecule has 28 heavy (non-hydrogen) atoms. The van der Waals surface area contributed by atoms with E-state index in [1.807, 2.05) is 12.1 Å². The quantitative estimate of drug-likeness (QED) is 0.602. The molecule has 0 saturated heterocycles. The average Bonchev–Trinajstić information content (AvgIpc) is 3.22. The Morgan fingerprint density at radius 3 is 2.46 bits per heavy atom. The Morgan fingerprint density at radius 1 is 1.04 bits per heavy atom. The van der Waals surface area contributed by atoms with E-state index in [9.17, 15) is 13.2 Å². The molecule has 0 bridgehead atoms. The molecule has 0 unspecified atom stereocenters. The summed E-state index contributed by atoms with van der Waals surface area (Å²) in [4.78, 5) is 8.49. The lowest BCUT2D eigenvalue weighted by Crippen LogP contribution is -2.14. The lowest BCUT2D eigenvalue weighted by atomic mass is 10.1. The van der Waals surface area contributed by atoms with Crippen molar-refractivity contribution in [3.63, 3.8) is 0 Å². The Labute approximate surface area is 164 Å². The second kappa shape index (κ2) is 8.47. The molecule has 1 aromatic carbocycles. The van der Waals surface area contributed by atoms with Crippen LogP contribution in [0.2, 0.25) is 0 Å². The minimum absolute atomic E-state index is 0.0568. The summed E-state index contributed by atoms with van der Waals surface area (Å²) in [6.45, 7) is 0.362. The smallest absolute Gasteiger partial charge is 0.433 e. The molecule has 0 fully saturated rings. The third-order valence-electron chi connectivity index (χ3n) is 3.93. The van der Waals surface area contributed by atoms with E-state index in [1.165, 1.54) is 11.3 Å². The lowest BCUT2D eigenvalue weighted by Gasteiger charge is -2.12. The van der Waals surface area contributed by atoms with Gasteiger partial charge in [0.05, 0.1) is 24.8 Å². The van der Waals surface area contributed by atoms with E-state index in [0.29, 0.717) is 29.3 Å². The van der Waals surface area contributed by atoms with Gasteiger partial charge in [0.1, 0.15) is 0 Å². The van der Waals surface area contributed by atoms with Gasteiger partial charge in [0.2, 0.25) is 5.95 Å². The van der Waals surface area contributed by atoms with Crippen molar-refractivity contribution in [2.24, 2.45) is 0 Å². The molecule has 0 aliphatic heterocycles. The molecule has 148 valence electrons. The second-order valence-electron chi connectivity index (χ2n) is 5.80. The van der Waals surface area contributed by atoms with Crippen LogP contribution in [0.25, 0.3) is 10.6 Å². The number of hydrogen-bond acceptors (Lipinski definition) is 6. The Morgan fingerprint density at radius 2 is 1.82 bits per heavy atom. The SMILES string of the molecule is COc1ccc(CCNc2nc(-c3cccs3)cc(C(F)(F)F)n2)cc1OC. The number of nitrogens with zero attached hydrogens (tertiary/aromatic N) is 2. The van der Waals surface area contributed by atoms with Crippen molar-refractivity contribution in [3.8, 4) is 22.1 Å². The first-order valence-corrected chi connectivity index (χ1v) is 9.23. The summed E-state index contributed by atoms with van der Waals surface area (Å²) in [6.07, 6.45) is -4.00. The molecule has 3 aromatic rings. The predicted molar refractivity (Wildman–Crippen MR) is 102 cm³/mol. The van der Waals surface area contributed by atoms with Gasteiger partial charge in [0.15, 0.2) is 17.2 Å². The fourth-order valence-corrected chi connectivity index (χ4v) is 3.26. The molecule has 2 heterocycles. The van der Waals surface area contributed by atoms with Gasteiger partial charge in [-0.05, 0) is 41.6 Å². The fraction of sp³-hybridized carbons (Fsp3) is 0.263. The van der Waals surface area contributed by atoms with E-state index in [4.69, 9.17) is 9.47 Å². The highest BCUT2D eigenvalue weighted by atomic mass is 32.1. The van der Waals surface area contributed by atoms with Crippen LogP contribution in [0.4, 0.5) is 19.1 Å². The van der Waals surface area contributed by atoms with E-state index < -0.39 is 11.9 Å². The highest BCUT2D eigenvalue weighted by molar-refractivity contribution is 7.13. The third kappa shape index (κ3) is 4.72. The summed E-state index contributed by atoms with van der Waals surface area (Å²) < 4.78 is 50.0. The van der Waals surface area contributed by atoms with Crippen LogP contribution >= 0.6 is 11.3 Å². The summed E-state index contributed by atoms with van der Waals surface area (Å²) in [7, 11) is 3.09. The Bertz CT molecular complexity index is 931. The Balaban J connectivity index is 1.76. The molecular formula is C19H18F3N3O2S. The highest BCUT2D eigenvalue weighted by Gasteiger charge is 2.33. The molecule has 0 amide bonds. The van der Waals surface area contributed by atoms with Gasteiger partial charge in [-0.15, -0.1) is 11.3 Å². The number of ether oxygens (including phenoxy) is 2. The van der Waals surface area contributed by atoms with Gasteiger partial charge in [-0.1, -0.05) is 12.1 Å². The molecule has 0 aliphatic rings. The fourth-order valence-electron chi connectivity index (χ4n) is 2.58. The van der Waals surface area contributed by atoms with Gasteiger partial charge in [-0.2, -0.15) is 13.2 Å². The van der Waals surface area contributed by atoms with Crippen molar-refractivity contribution in [3.05, 3.63) is 53.0 Å². The number of thiophene rings is 1. The summed E-state index contributed by atoms with van der Waals surface area (Å²) in [5.41, 5.74) is 0.209. The first-order valence-electron chi connectivity index (χ1n) is 8.35. The largest absolute Gasteiger partial charge is 0.493 e. The number of methoxy groups -OCH3 is 2. The maximum absolute atomic E-state index is 13.2. The molecule has 1 N–H and O–H groups in total. The number of anilines is 1. The zero-order valence-electron chi connectivity index (χ0n) is 15.2. The van der Waals surface area contributed by atoms with Crippen molar-refractivity contribution in [1.82, 2.24) is 9.97 Å². The van der Waals surface area contributed by atoms with Gasteiger partial charge in [0, 0.05) is 6.54 Å². The second-order valence-corrected chi connectivity index (χ2v) is 6.75. The first kappa shape index (κ1) is 19.9. The highest BCUT2D eigenvalue weighted by Crippen LogP contribution is 2.32. The van der Waals surface area contributed by atoms with E-state index in [2.05, 4.69) is 15.3 Å². The van der Waals surface area contributed by atoms with Crippen LogP contribution in [0, 0.1) is 0 Å². The predicted octanol–water partition coefficient (Wildman–Crippen LogP) is 4.90. The van der Waals surface area contributed by atoms with Crippen LogP contribution in [0.1, 0.15) is 11.3 Å². The van der Waals surface area contributed by atoms with E-state index in [1.54, 1.807) is 37.8 Å². The number of aromatic nitrogens is 2. The van der Waals surface area contributed by atoms with Crippen LogP contribution in [-0.4, -0.2) is 30.7 Å². The van der Waals surface area contributed by atoms with Crippen molar-refractivity contribution in [1.29, 1.82) is 0 Å². The van der Waals surface area contributed by atoms with Gasteiger partial charge in [-0.3, -0.25) is 0 Å². The Kier molecular flexibility index (Phi) is 6.03. The Hall–Kier alpha value is -2.81. The zero-order valence-corrected chi connectivity index (χ0v) is 16.0. The standard InChI is InChI=1S/C19H18F3N3O2S/c1-26-14-6-5-12(10-15(14)27-2)7-8-23-18-24-13(16-4-3-9-28-16)11-17(25-18)19(20,21)22/h3-6,9-11H,7-8H2,1-2H3,(H,23,24,25). The van der Waals surface area contributed by atoms with Crippen molar-refractivity contribution < 1.29 is 22.6 Å². The molecule has 0 radical (unpaired) electrons. The number of rotatable bonds is 7. The minimum Gasteiger partial charge on any atom is -0.493 e. The molecule has 0 atom stereocenters. The number of hydrogen-bond donors (Lipinski definition) is 1. The van der Waals surface area contributed by atoms with Gasteiger partial charge >= 0.3 is 6.18 Å². The number of benzene rings is 1. The molecule has 0 aliphatic carbocycles. The normalized spacial score (nSPS) is 11.3. The topological polar surface area (TPSA) is 56.3 Å². The van der Waals surface area contributed by atoms with Crippen LogP contribution in [0.3, 0.4) is 0 Å². The maximum Gasteiger partial charge on any atom is 0.433 e. The number of nitrogens with one attached hydrogen (secondary N) is 1. The molecular weight excluding hydrogens is 391 g/mol. The first-order chi connectivity index (χ1) is 13.4. The van der Waals surface area contributed by atoms with Crippen LogP contribution < -0.4 is 14.8 Å². The number of halogens is 3. The monoisotopic (exact) mass is 409 g/mol. The van der Waals surface area contributed by atoms with Crippen LogP contribution in [0.5, 0.6) is 11.5 Å². The third-order valence-corrected chi connectivity index (χ3v) is 4.83. The lowest BCUT2D eigenvalue weighted by molar-refractivity contribution is -0.141. The average molecular weight is 409 g/mol. The van der Waals surface area contributed by atoms with Crippen LogP contribution in [0.15, 0.2) is 41.8 Å². The maximum atomic E-state index is 13.2. The van der Waals surface area contributed by atoms with Gasteiger partial charge in [-0.25, -0.2) is 9.97 Å². The van der Waals surface area contributed by atoms with Crippen molar-refractivity contribution >= 4 is 17.3 Å². The zero-order chi connectivity index (χ0) is 20.1. The van der Waals surface area contributed by atoms with E-state index in [-0.39, 0.29) is 11.6 Å². The molecule has 3 rings (SSSR count). The molecule has 5 nitrogen and oxygen atoms in total.